The molecule has 214 valence electrons. The molecule has 1 spiro atoms. The molecule has 1 aromatic rings. The molecule has 6 atom stereocenters. The van der Waals surface area contributed by atoms with Crippen molar-refractivity contribution in [1.82, 2.24) is 14.7 Å². The number of aliphatic hydroxyl groups excluding tert-OH is 1. The van der Waals surface area contributed by atoms with E-state index in [-0.39, 0.29) is 30.4 Å². The average Bonchev–Trinajstić information content (AvgIpc) is 3.23. The monoisotopic (exact) mass is 563 g/mol. The minimum Gasteiger partial charge on any atom is -0.394 e. The van der Waals surface area contributed by atoms with Crippen LogP contribution in [-0.2, 0) is 14.4 Å². The molecule has 40 heavy (non-hydrogen) atoms. The summed E-state index contributed by atoms with van der Waals surface area (Å²) in [7, 11) is 0. The molecule has 1 N–H and O–H groups in total. The lowest BCUT2D eigenvalue weighted by atomic mass is 9.74. The first-order valence-electron chi connectivity index (χ1n) is 15.0. The van der Waals surface area contributed by atoms with Crippen molar-refractivity contribution in [2.75, 3.05) is 26.2 Å². The Morgan fingerprint density at radius 2 is 1.68 bits per heavy atom. The van der Waals surface area contributed by atoms with Crippen LogP contribution in [0.3, 0.4) is 0 Å². The van der Waals surface area contributed by atoms with Crippen molar-refractivity contribution in [3.05, 3.63) is 60.2 Å². The topological polar surface area (TPSA) is 81.2 Å². The van der Waals surface area contributed by atoms with E-state index in [0.717, 1.165) is 37.7 Å². The lowest BCUT2D eigenvalue weighted by Crippen LogP contribution is -2.56. The Hall–Kier alpha value is -2.58. The molecule has 1 saturated carbocycles. The van der Waals surface area contributed by atoms with Crippen LogP contribution >= 0.6 is 11.8 Å². The quantitative estimate of drug-likeness (QED) is 0.531. The van der Waals surface area contributed by atoms with Crippen molar-refractivity contribution in [1.29, 1.82) is 0 Å². The van der Waals surface area contributed by atoms with Crippen molar-refractivity contribution < 1.29 is 19.5 Å². The fraction of sp³-hybridized carbons (Fsp3) is 0.594. The number of carbonyl (C=O) groups is 3. The van der Waals surface area contributed by atoms with Crippen molar-refractivity contribution in [2.24, 2.45) is 11.8 Å². The van der Waals surface area contributed by atoms with Gasteiger partial charge in [-0.2, -0.15) is 0 Å². The zero-order valence-electron chi connectivity index (χ0n) is 23.6. The number of aliphatic hydroxyl groups is 1. The van der Waals surface area contributed by atoms with E-state index < -0.39 is 33.4 Å². The van der Waals surface area contributed by atoms with Gasteiger partial charge in [-0.1, -0.05) is 80.8 Å². The highest BCUT2D eigenvalue weighted by atomic mass is 32.2. The van der Waals surface area contributed by atoms with Gasteiger partial charge in [-0.3, -0.25) is 14.4 Å². The first-order valence-corrected chi connectivity index (χ1v) is 15.8. The predicted octanol–water partition coefficient (Wildman–Crippen LogP) is 3.95. The third-order valence-electron chi connectivity index (χ3n) is 9.81. The molecule has 1 aromatic carbocycles. The SMILES string of the molecule is CCCN1CC=C[C@]2(C)S[C@]34C=CCN(C5CCCCC5)C(=O)C3N([C@H](CO)c3ccccc3)C(=O)[C@@H]4[C@@H]2C1=O. The number of fused-ring (bicyclic) bond motifs is 2. The lowest BCUT2D eigenvalue weighted by molar-refractivity contribution is -0.148. The Morgan fingerprint density at radius 3 is 2.38 bits per heavy atom. The zero-order valence-corrected chi connectivity index (χ0v) is 24.4. The molecule has 6 rings (SSSR count). The molecular weight excluding hydrogens is 522 g/mol. The Morgan fingerprint density at radius 1 is 0.950 bits per heavy atom. The molecule has 8 heteroatoms. The lowest BCUT2D eigenvalue weighted by Gasteiger charge is -2.42. The van der Waals surface area contributed by atoms with Gasteiger partial charge in [0.2, 0.25) is 17.7 Å². The molecule has 0 bridgehead atoms. The molecule has 1 unspecified atom stereocenters. The van der Waals surface area contributed by atoms with Gasteiger partial charge in [0.1, 0.15) is 6.04 Å². The maximum atomic E-state index is 14.8. The molecule has 7 nitrogen and oxygen atoms in total. The van der Waals surface area contributed by atoms with E-state index in [1.807, 2.05) is 40.1 Å². The first-order chi connectivity index (χ1) is 19.4. The third-order valence-corrected chi connectivity index (χ3v) is 11.6. The third kappa shape index (κ3) is 4.16. The summed E-state index contributed by atoms with van der Waals surface area (Å²) in [4.78, 5) is 49.3. The minimum atomic E-state index is -0.894. The average molecular weight is 564 g/mol. The number of hydrogen-bond acceptors (Lipinski definition) is 5. The molecule has 4 heterocycles. The van der Waals surface area contributed by atoms with E-state index in [1.54, 1.807) is 16.7 Å². The van der Waals surface area contributed by atoms with Gasteiger partial charge in [-0.25, -0.2) is 0 Å². The molecule has 4 aliphatic heterocycles. The van der Waals surface area contributed by atoms with E-state index >= 15 is 0 Å². The number of likely N-dealkylation sites (tertiary alicyclic amines) is 1. The van der Waals surface area contributed by atoms with Crippen LogP contribution in [0, 0.1) is 11.8 Å². The van der Waals surface area contributed by atoms with Gasteiger partial charge in [0.25, 0.3) is 0 Å². The number of carbonyl (C=O) groups excluding carboxylic acids is 3. The molecule has 0 radical (unpaired) electrons. The second-order valence-corrected chi connectivity index (χ2v) is 14.0. The Bertz CT molecular complexity index is 1210. The number of benzene rings is 1. The molecule has 5 aliphatic rings. The van der Waals surface area contributed by atoms with Crippen molar-refractivity contribution in [3.8, 4) is 0 Å². The van der Waals surface area contributed by atoms with Crippen molar-refractivity contribution in [3.63, 3.8) is 0 Å². The summed E-state index contributed by atoms with van der Waals surface area (Å²) in [5, 5.41) is 10.7. The van der Waals surface area contributed by atoms with Crippen LogP contribution < -0.4 is 0 Å². The first kappa shape index (κ1) is 27.6. The van der Waals surface area contributed by atoms with Gasteiger partial charge in [-0.15, -0.1) is 11.8 Å². The van der Waals surface area contributed by atoms with Crippen LogP contribution in [0.5, 0.6) is 0 Å². The van der Waals surface area contributed by atoms with Crippen LogP contribution in [0.15, 0.2) is 54.6 Å². The Balaban J connectivity index is 1.50. The molecule has 0 aromatic heterocycles. The van der Waals surface area contributed by atoms with Gasteiger partial charge < -0.3 is 19.8 Å². The second kappa shape index (κ2) is 10.7. The van der Waals surface area contributed by atoms with Crippen LogP contribution in [-0.4, -0.2) is 85.3 Å². The zero-order chi connectivity index (χ0) is 28.1. The van der Waals surface area contributed by atoms with E-state index in [9.17, 15) is 19.5 Å². The highest BCUT2D eigenvalue weighted by Gasteiger charge is 2.74. The second-order valence-electron chi connectivity index (χ2n) is 12.2. The number of amides is 3. The van der Waals surface area contributed by atoms with Crippen LogP contribution in [0.1, 0.15) is 64.0 Å². The largest absolute Gasteiger partial charge is 0.394 e. The van der Waals surface area contributed by atoms with Crippen molar-refractivity contribution in [2.45, 2.75) is 80.0 Å². The number of nitrogens with zero attached hydrogens (tertiary/aromatic N) is 3. The Labute approximate surface area is 241 Å². The minimum absolute atomic E-state index is 0.00725. The van der Waals surface area contributed by atoms with Gasteiger partial charge in [-0.05, 0) is 31.7 Å². The van der Waals surface area contributed by atoms with E-state index in [0.29, 0.717) is 19.6 Å². The van der Waals surface area contributed by atoms with Crippen LogP contribution in [0.4, 0.5) is 0 Å². The van der Waals surface area contributed by atoms with Gasteiger partial charge in [0.15, 0.2) is 0 Å². The Kier molecular flexibility index (Phi) is 7.36. The molecule has 2 saturated heterocycles. The smallest absolute Gasteiger partial charge is 0.247 e. The standard InChI is InChI=1S/C32H41N3O4S/c1-3-18-33-19-10-16-31(2)25(28(33)37)26-29(38)35(24(21-36)22-12-6-4-7-13-22)27-30(39)34(23-14-8-5-9-15-23)20-11-17-32(26,27)40-31/h4,6-7,10-13,16-17,23-27,36H,3,5,8-9,14-15,18-21H2,1-2H3/t24-,25-,26+,27?,31+,32+/m1/s1. The summed E-state index contributed by atoms with van der Waals surface area (Å²) >= 11 is 1.62. The highest BCUT2D eigenvalue weighted by molar-refractivity contribution is 8.02. The number of rotatable bonds is 6. The van der Waals surface area contributed by atoms with Gasteiger partial charge in [0, 0.05) is 30.4 Å². The highest BCUT2D eigenvalue weighted by Crippen LogP contribution is 2.66. The fourth-order valence-corrected chi connectivity index (χ4v) is 10.2. The summed E-state index contributed by atoms with van der Waals surface area (Å²) < 4.78 is -1.51. The summed E-state index contributed by atoms with van der Waals surface area (Å²) in [6.07, 6.45) is 14.5. The summed E-state index contributed by atoms with van der Waals surface area (Å²) in [5.74, 6) is -1.52. The van der Waals surface area contributed by atoms with E-state index in [2.05, 4.69) is 38.2 Å². The molecular formula is C32H41N3O4S. The molecule has 3 amide bonds. The van der Waals surface area contributed by atoms with Gasteiger partial charge >= 0.3 is 0 Å². The fourth-order valence-electron chi connectivity index (χ4n) is 8.09. The summed E-state index contributed by atoms with van der Waals surface area (Å²) in [5.41, 5.74) is 0.797. The van der Waals surface area contributed by atoms with E-state index in [1.165, 1.54) is 6.42 Å². The maximum Gasteiger partial charge on any atom is 0.247 e. The molecule has 3 fully saturated rings. The maximum absolute atomic E-state index is 14.8. The summed E-state index contributed by atoms with van der Waals surface area (Å²) in [6, 6.07) is 8.20. The van der Waals surface area contributed by atoms with Crippen LogP contribution in [0.2, 0.25) is 0 Å². The predicted molar refractivity (Wildman–Crippen MR) is 156 cm³/mol. The van der Waals surface area contributed by atoms with E-state index in [4.69, 9.17) is 0 Å². The van der Waals surface area contributed by atoms with Crippen molar-refractivity contribution >= 4 is 29.5 Å². The number of thioether (sulfide) groups is 1. The van der Waals surface area contributed by atoms with Crippen LogP contribution in [0.25, 0.3) is 0 Å². The summed E-state index contributed by atoms with van der Waals surface area (Å²) in [6.45, 7) is 5.51. The van der Waals surface area contributed by atoms with Gasteiger partial charge in [0.05, 0.1) is 29.2 Å². The number of hydrogen-bond donors (Lipinski definition) is 1. The normalized spacial score (nSPS) is 34.9. The molecule has 1 aliphatic carbocycles.